The van der Waals surface area contributed by atoms with E-state index in [2.05, 4.69) is 0 Å². The minimum Gasteiger partial charge on any atom is -0.444 e. The molecule has 1 atom stereocenters. The third-order valence-electron chi connectivity index (χ3n) is 4.57. The van der Waals surface area contributed by atoms with Crippen LogP contribution in [0.2, 0.25) is 0 Å². The molecule has 0 aromatic heterocycles. The summed E-state index contributed by atoms with van der Waals surface area (Å²) in [5.74, 6) is -0.543. The lowest BCUT2D eigenvalue weighted by molar-refractivity contribution is 0.150. The monoisotopic (exact) mass is 387 g/mol. The lowest BCUT2D eigenvalue weighted by Crippen LogP contribution is -2.32. The number of aliphatic hydroxyl groups is 1. The summed E-state index contributed by atoms with van der Waals surface area (Å²) in [7, 11) is 1.00. The number of carbonyl (C=O) groups is 2. The number of hydrogen-bond donors (Lipinski definition) is 1. The predicted molar refractivity (Wildman–Crippen MR) is 104 cm³/mol. The van der Waals surface area contributed by atoms with Crippen LogP contribution in [-0.4, -0.2) is 50.1 Å². The van der Waals surface area contributed by atoms with Crippen molar-refractivity contribution in [2.45, 2.75) is 13.0 Å². The number of ether oxygens (including phenoxy) is 1. The van der Waals surface area contributed by atoms with E-state index in [1.165, 1.54) is 21.9 Å². The highest BCUT2D eigenvalue weighted by atomic mass is 19.1. The van der Waals surface area contributed by atoms with Crippen LogP contribution in [0.5, 0.6) is 0 Å². The van der Waals surface area contributed by atoms with Crippen LogP contribution in [0.15, 0.2) is 48.5 Å². The number of benzene rings is 2. The molecule has 2 fully saturated rings. The van der Waals surface area contributed by atoms with E-state index >= 15 is 0 Å². The van der Waals surface area contributed by atoms with Gasteiger partial charge in [-0.25, -0.2) is 14.0 Å². The number of cyclic esters (lactones) is 1. The molecule has 0 saturated carbocycles. The van der Waals surface area contributed by atoms with Crippen LogP contribution in [-0.2, 0) is 4.74 Å². The van der Waals surface area contributed by atoms with Gasteiger partial charge in [-0.3, -0.25) is 14.7 Å². The van der Waals surface area contributed by atoms with Crippen molar-refractivity contribution in [1.29, 1.82) is 0 Å². The number of hydrogen-bond acceptors (Lipinski definition) is 4. The van der Waals surface area contributed by atoms with Gasteiger partial charge < -0.3 is 9.84 Å². The number of carbonyl (C=O) groups excluding carboxylic acids is 2. The first-order valence-electron chi connectivity index (χ1n) is 8.91. The second-order valence-corrected chi connectivity index (χ2v) is 6.36. The Morgan fingerprint density at radius 2 is 1.64 bits per heavy atom. The highest BCUT2D eigenvalue weighted by molar-refractivity contribution is 6.06. The number of aliphatic hydroxyl groups excluding tert-OH is 1. The molecule has 2 aromatic rings. The van der Waals surface area contributed by atoms with Gasteiger partial charge in [0.1, 0.15) is 11.9 Å². The fourth-order valence-corrected chi connectivity index (χ4v) is 3.31. The van der Waals surface area contributed by atoms with Crippen molar-refractivity contribution in [1.82, 2.24) is 0 Å². The summed E-state index contributed by atoms with van der Waals surface area (Å²) in [4.78, 5) is 28.9. The molecule has 2 heterocycles. The van der Waals surface area contributed by atoms with Crippen molar-refractivity contribution in [2.24, 2.45) is 0 Å². The van der Waals surface area contributed by atoms with Crippen LogP contribution in [0.25, 0.3) is 0 Å². The maximum Gasteiger partial charge on any atom is 0.414 e. The van der Waals surface area contributed by atoms with Crippen molar-refractivity contribution in [3.05, 3.63) is 54.3 Å². The normalized spacial score (nSPS) is 18.9. The Kier molecular flexibility index (Phi) is 5.79. The minimum atomic E-state index is -0.543. The Morgan fingerprint density at radius 1 is 0.964 bits per heavy atom. The van der Waals surface area contributed by atoms with E-state index < -0.39 is 11.9 Å². The largest absolute Gasteiger partial charge is 0.444 e. The molecule has 3 amide bonds. The standard InChI is InChI=1S/C19H18FN3O3.CH4O/c1-13-12-23(19(25)26-13)15-7-8-17(16(20)11-15)22-10-9-21(18(22)24)14-5-3-2-4-6-14;1-2/h2-8,11,13H,9-10,12H2,1H3;2H,1H3. The summed E-state index contributed by atoms with van der Waals surface area (Å²) in [5.41, 5.74) is 1.41. The molecule has 1 N–H and O–H groups in total. The van der Waals surface area contributed by atoms with Crippen LogP contribution < -0.4 is 14.7 Å². The van der Waals surface area contributed by atoms with E-state index in [0.29, 0.717) is 25.3 Å². The van der Waals surface area contributed by atoms with Crippen LogP contribution in [0.1, 0.15) is 6.92 Å². The minimum absolute atomic E-state index is 0.206. The molecule has 1 unspecified atom stereocenters. The molecule has 0 radical (unpaired) electrons. The van der Waals surface area contributed by atoms with Gasteiger partial charge in [-0.15, -0.1) is 0 Å². The van der Waals surface area contributed by atoms with Gasteiger partial charge >= 0.3 is 12.1 Å². The van der Waals surface area contributed by atoms with Gasteiger partial charge in [0.05, 0.1) is 17.9 Å². The molecule has 0 bridgehead atoms. The number of anilines is 3. The van der Waals surface area contributed by atoms with E-state index in [9.17, 15) is 14.0 Å². The maximum atomic E-state index is 14.7. The number of nitrogens with zero attached hydrogens (tertiary/aromatic N) is 3. The summed E-state index contributed by atoms with van der Waals surface area (Å²) in [5, 5.41) is 7.00. The van der Waals surface area contributed by atoms with Crippen LogP contribution in [0, 0.1) is 5.82 Å². The average molecular weight is 387 g/mol. The highest BCUT2D eigenvalue weighted by Gasteiger charge is 2.33. The molecule has 8 heteroatoms. The van der Waals surface area contributed by atoms with Crippen LogP contribution in [0.4, 0.5) is 31.0 Å². The third-order valence-corrected chi connectivity index (χ3v) is 4.57. The van der Waals surface area contributed by atoms with Gasteiger partial charge in [0, 0.05) is 25.9 Å². The number of halogens is 1. The van der Waals surface area contributed by atoms with Crippen molar-refractivity contribution >= 4 is 29.2 Å². The fourth-order valence-electron chi connectivity index (χ4n) is 3.31. The highest BCUT2D eigenvalue weighted by Crippen LogP contribution is 2.31. The molecule has 4 rings (SSSR count). The van der Waals surface area contributed by atoms with Gasteiger partial charge in [0.25, 0.3) is 0 Å². The summed E-state index contributed by atoms with van der Waals surface area (Å²) >= 11 is 0. The van der Waals surface area contributed by atoms with Gasteiger partial charge in [0.15, 0.2) is 0 Å². The Balaban J connectivity index is 0.00000109. The first kappa shape index (κ1) is 19.6. The molecular formula is C20H22FN3O4. The SMILES string of the molecule is CC1CN(c2ccc(N3CCN(c4ccccc4)C3=O)c(F)c2)C(=O)O1.CO. The quantitative estimate of drug-likeness (QED) is 0.878. The van der Waals surface area contributed by atoms with Crippen LogP contribution in [0.3, 0.4) is 0 Å². The van der Waals surface area contributed by atoms with E-state index in [-0.39, 0.29) is 17.8 Å². The molecule has 2 aliphatic rings. The fraction of sp³-hybridized carbons (Fsp3) is 0.300. The molecule has 2 aliphatic heterocycles. The van der Waals surface area contributed by atoms with Crippen molar-refractivity contribution in [3.63, 3.8) is 0 Å². The van der Waals surface area contributed by atoms with Gasteiger partial charge in [0.2, 0.25) is 0 Å². The lowest BCUT2D eigenvalue weighted by atomic mass is 10.2. The van der Waals surface area contributed by atoms with Gasteiger partial charge in [-0.1, -0.05) is 18.2 Å². The van der Waals surface area contributed by atoms with Crippen molar-refractivity contribution < 1.29 is 23.8 Å². The summed E-state index contributed by atoms with van der Waals surface area (Å²) in [6.07, 6.45) is -0.720. The summed E-state index contributed by atoms with van der Waals surface area (Å²) < 4.78 is 19.8. The summed E-state index contributed by atoms with van der Waals surface area (Å²) in [6.45, 7) is 3.04. The second-order valence-electron chi connectivity index (χ2n) is 6.36. The lowest BCUT2D eigenvalue weighted by Gasteiger charge is -2.20. The van der Waals surface area contributed by atoms with E-state index in [1.807, 2.05) is 30.3 Å². The van der Waals surface area contributed by atoms with E-state index in [4.69, 9.17) is 9.84 Å². The molecular weight excluding hydrogens is 365 g/mol. The maximum absolute atomic E-state index is 14.7. The zero-order chi connectivity index (χ0) is 20.3. The Bertz CT molecular complexity index is 862. The molecule has 0 spiro atoms. The Hall–Kier alpha value is -3.13. The number of rotatable bonds is 3. The van der Waals surface area contributed by atoms with Crippen molar-refractivity contribution in [3.8, 4) is 0 Å². The number of urea groups is 1. The van der Waals surface area contributed by atoms with Crippen molar-refractivity contribution in [2.75, 3.05) is 41.4 Å². The number of amides is 3. The zero-order valence-corrected chi connectivity index (χ0v) is 15.7. The van der Waals surface area contributed by atoms with E-state index in [0.717, 1.165) is 12.8 Å². The average Bonchev–Trinajstić information content (AvgIpc) is 3.25. The van der Waals surface area contributed by atoms with E-state index in [1.54, 1.807) is 17.9 Å². The summed E-state index contributed by atoms with van der Waals surface area (Å²) in [6, 6.07) is 13.5. The Morgan fingerprint density at radius 3 is 2.25 bits per heavy atom. The second kappa shape index (κ2) is 8.26. The molecule has 2 aromatic carbocycles. The van der Waals surface area contributed by atoms with Gasteiger partial charge in [-0.05, 0) is 37.3 Å². The smallest absolute Gasteiger partial charge is 0.414 e. The zero-order valence-electron chi connectivity index (χ0n) is 15.7. The van der Waals surface area contributed by atoms with Gasteiger partial charge in [-0.2, -0.15) is 0 Å². The first-order chi connectivity index (χ1) is 13.5. The molecule has 7 nitrogen and oxygen atoms in total. The third kappa shape index (κ3) is 3.63. The topological polar surface area (TPSA) is 73.3 Å². The Labute approximate surface area is 162 Å². The first-order valence-corrected chi connectivity index (χ1v) is 8.91. The predicted octanol–water partition coefficient (Wildman–Crippen LogP) is 3.23. The van der Waals surface area contributed by atoms with Crippen LogP contribution >= 0.6 is 0 Å². The molecule has 28 heavy (non-hydrogen) atoms. The molecule has 0 aliphatic carbocycles. The molecule has 148 valence electrons. The molecule has 2 saturated heterocycles. The number of para-hydroxylation sites is 1.